The number of carbonyl (C=O) groups excluding carboxylic acids is 1. The molecule has 186 valence electrons. The summed E-state index contributed by atoms with van der Waals surface area (Å²) in [6.45, 7) is -0.153. The van der Waals surface area contributed by atoms with E-state index in [4.69, 9.17) is 9.47 Å². The highest BCUT2D eigenvalue weighted by molar-refractivity contribution is 6.59. The third-order valence-electron chi connectivity index (χ3n) is 5.22. The predicted molar refractivity (Wildman–Crippen MR) is 125 cm³/mol. The summed E-state index contributed by atoms with van der Waals surface area (Å²) >= 11 is 0. The first-order valence-electron chi connectivity index (χ1n) is 10.4. The van der Waals surface area contributed by atoms with Gasteiger partial charge in [0.2, 0.25) is 0 Å². The largest absolute Gasteiger partial charge is 0.489 e. The number of benzene rings is 3. The van der Waals surface area contributed by atoms with Crippen molar-refractivity contribution < 1.29 is 37.5 Å². The number of anilines is 3. The van der Waals surface area contributed by atoms with E-state index in [1.54, 1.807) is 36.4 Å². The number of nitrogens with zero attached hydrogens (tertiary/aromatic N) is 2. The van der Waals surface area contributed by atoms with Gasteiger partial charge in [-0.2, -0.15) is 13.2 Å². The van der Waals surface area contributed by atoms with E-state index in [9.17, 15) is 28.0 Å². The third-order valence-corrected chi connectivity index (χ3v) is 5.22. The number of alkyl halides is 3. The van der Waals surface area contributed by atoms with E-state index in [1.807, 2.05) is 0 Å². The lowest BCUT2D eigenvalue weighted by atomic mass is 9.76. The van der Waals surface area contributed by atoms with Gasteiger partial charge in [0.15, 0.2) is 11.0 Å². The van der Waals surface area contributed by atoms with E-state index in [-0.39, 0.29) is 17.7 Å². The molecule has 1 aromatic heterocycles. The van der Waals surface area contributed by atoms with Gasteiger partial charge in [-0.25, -0.2) is 4.63 Å². The molecule has 0 unspecified atom stereocenters. The second kappa shape index (κ2) is 10.2. The number of rotatable bonds is 8. The molecule has 4 rings (SSSR count). The lowest BCUT2D eigenvalue weighted by molar-refractivity contribution is -0.136. The molecule has 4 aromatic rings. The second-order valence-electron chi connectivity index (χ2n) is 7.57. The van der Waals surface area contributed by atoms with Crippen LogP contribution in [-0.2, 0) is 17.6 Å². The van der Waals surface area contributed by atoms with Crippen molar-refractivity contribution in [3.63, 3.8) is 0 Å². The summed E-state index contributed by atoms with van der Waals surface area (Å²) in [4.78, 5) is 17.8. The normalized spacial score (nSPS) is 11.4. The van der Waals surface area contributed by atoms with E-state index >= 15 is 0 Å². The molecule has 1 amide bonds. The van der Waals surface area contributed by atoms with Crippen LogP contribution in [0.5, 0.6) is 0 Å². The smallest absolute Gasteiger partial charge is 0.423 e. The van der Waals surface area contributed by atoms with Crippen LogP contribution in [0.4, 0.5) is 30.2 Å². The third kappa shape index (κ3) is 5.25. The van der Waals surface area contributed by atoms with Crippen molar-refractivity contribution in [1.29, 1.82) is 0 Å². The number of hydrogen-bond donors (Lipinski definition) is 5. The number of halogens is 3. The number of hydrogen-bond acceptors (Lipinski definition) is 9. The topological polar surface area (TPSA) is 142 Å². The number of fused-ring (bicyclic) bond motifs is 1. The van der Waals surface area contributed by atoms with Crippen molar-refractivity contribution in [2.45, 2.75) is 12.7 Å². The van der Waals surface area contributed by atoms with Gasteiger partial charge in [-0.05, 0) is 45.6 Å². The molecule has 0 aliphatic rings. The van der Waals surface area contributed by atoms with Gasteiger partial charge in [0.05, 0.1) is 35.3 Å². The second-order valence-corrected chi connectivity index (χ2v) is 7.57. The fraction of sp³-hybridized carbons (Fsp3) is 0.136. The van der Waals surface area contributed by atoms with Gasteiger partial charge < -0.3 is 20.7 Å². The van der Waals surface area contributed by atoms with Crippen molar-refractivity contribution in [2.24, 2.45) is 0 Å². The molecule has 5 N–H and O–H groups in total. The van der Waals surface area contributed by atoms with Crippen LogP contribution in [0.3, 0.4) is 0 Å². The maximum Gasteiger partial charge on any atom is 0.489 e. The van der Waals surface area contributed by atoms with E-state index in [2.05, 4.69) is 26.4 Å². The lowest BCUT2D eigenvalue weighted by Gasteiger charge is -2.15. The molecular formula is C22H19BF3N5O5. The summed E-state index contributed by atoms with van der Waals surface area (Å²) in [5, 5.41) is 32.2. The molecule has 0 bridgehead atoms. The van der Waals surface area contributed by atoms with Gasteiger partial charge in [0.1, 0.15) is 0 Å². The number of amides is 1. The Morgan fingerprint density at radius 2 is 1.72 bits per heavy atom. The summed E-state index contributed by atoms with van der Waals surface area (Å²) in [7, 11) is -0.881. The Kier molecular flexibility index (Phi) is 7.10. The zero-order valence-corrected chi connectivity index (χ0v) is 18.6. The SMILES string of the molecule is CONc1ccc(Nc2ccccc2C(=O)NCc2ccc(C(F)(F)F)c(B(O)O)c2)c2nonc12. The van der Waals surface area contributed by atoms with Crippen LogP contribution in [0.15, 0.2) is 59.2 Å². The highest BCUT2D eigenvalue weighted by Gasteiger charge is 2.36. The van der Waals surface area contributed by atoms with Crippen LogP contribution in [0.2, 0.25) is 0 Å². The van der Waals surface area contributed by atoms with E-state index in [0.717, 1.165) is 18.2 Å². The predicted octanol–water partition coefficient (Wildman–Crippen LogP) is 2.57. The molecule has 0 aliphatic heterocycles. The first-order chi connectivity index (χ1) is 17.2. The Morgan fingerprint density at radius 3 is 2.42 bits per heavy atom. The molecule has 0 spiro atoms. The van der Waals surface area contributed by atoms with Gasteiger partial charge in [-0.3, -0.25) is 15.1 Å². The Balaban J connectivity index is 1.54. The average molecular weight is 501 g/mol. The number of para-hydroxylation sites is 1. The highest BCUT2D eigenvalue weighted by atomic mass is 19.4. The number of carbonyl (C=O) groups is 1. The molecular weight excluding hydrogens is 482 g/mol. The summed E-state index contributed by atoms with van der Waals surface area (Å²) in [6, 6.07) is 12.8. The average Bonchev–Trinajstić information content (AvgIpc) is 3.34. The Hall–Kier alpha value is -4.14. The fourth-order valence-corrected chi connectivity index (χ4v) is 3.57. The van der Waals surface area contributed by atoms with Crippen molar-refractivity contribution >= 4 is 46.6 Å². The molecule has 10 nitrogen and oxygen atoms in total. The molecule has 0 saturated carbocycles. The first kappa shape index (κ1) is 25.0. The summed E-state index contributed by atoms with van der Waals surface area (Å²) in [6.07, 6.45) is -4.76. The number of nitrogens with one attached hydrogen (secondary N) is 3. The Bertz CT molecular complexity index is 1400. The van der Waals surface area contributed by atoms with Gasteiger partial charge in [0.25, 0.3) is 5.91 Å². The van der Waals surface area contributed by atoms with Crippen molar-refractivity contribution in [3.8, 4) is 0 Å². The maximum atomic E-state index is 13.1. The summed E-state index contributed by atoms with van der Waals surface area (Å²) < 4.78 is 44.2. The summed E-state index contributed by atoms with van der Waals surface area (Å²) in [5.41, 5.74) is 3.52. The van der Waals surface area contributed by atoms with Crippen molar-refractivity contribution in [1.82, 2.24) is 15.6 Å². The highest BCUT2D eigenvalue weighted by Crippen LogP contribution is 2.31. The maximum absolute atomic E-state index is 13.1. The van der Waals surface area contributed by atoms with Crippen LogP contribution in [0, 0.1) is 0 Å². The molecule has 1 heterocycles. The van der Waals surface area contributed by atoms with Gasteiger partial charge in [-0.15, -0.1) is 0 Å². The first-order valence-corrected chi connectivity index (χ1v) is 10.4. The molecule has 36 heavy (non-hydrogen) atoms. The van der Waals surface area contributed by atoms with Gasteiger partial charge >= 0.3 is 13.3 Å². The van der Waals surface area contributed by atoms with Gasteiger partial charge in [-0.1, -0.05) is 30.3 Å². The molecule has 14 heteroatoms. The molecule has 3 aromatic carbocycles. The minimum atomic E-state index is -4.76. The van der Waals surface area contributed by atoms with Crippen molar-refractivity contribution in [3.05, 3.63) is 71.3 Å². The molecule has 0 aliphatic carbocycles. The minimum Gasteiger partial charge on any atom is -0.423 e. The van der Waals surface area contributed by atoms with E-state index in [1.165, 1.54) is 7.11 Å². The Morgan fingerprint density at radius 1 is 1.03 bits per heavy atom. The molecule has 0 atom stereocenters. The molecule has 0 radical (unpaired) electrons. The number of aromatic nitrogens is 2. The van der Waals surface area contributed by atoms with Crippen LogP contribution < -0.4 is 21.6 Å². The quantitative estimate of drug-likeness (QED) is 0.182. The monoisotopic (exact) mass is 501 g/mol. The Labute approximate surface area is 202 Å². The van der Waals surface area contributed by atoms with Crippen LogP contribution >= 0.6 is 0 Å². The standard InChI is InChI=1S/C22H19BF3N5O5/c1-35-29-18-9-8-17(19-20(18)31-36-30-19)28-16-5-3-2-4-13(16)21(32)27-11-12-6-7-14(22(24,25)26)15(10-12)23(33)34/h2-10,28-29,33-34H,11H2,1H3,(H,27,32). The molecule has 0 fully saturated rings. The van der Waals surface area contributed by atoms with Crippen LogP contribution in [0.25, 0.3) is 11.0 Å². The van der Waals surface area contributed by atoms with Crippen molar-refractivity contribution in [2.75, 3.05) is 17.9 Å². The van der Waals surface area contributed by atoms with Gasteiger partial charge in [0, 0.05) is 6.54 Å². The van der Waals surface area contributed by atoms with Crippen LogP contribution in [-0.4, -0.2) is 40.5 Å². The lowest BCUT2D eigenvalue weighted by Crippen LogP contribution is -2.36. The fourth-order valence-electron chi connectivity index (χ4n) is 3.57. The zero-order chi connectivity index (χ0) is 25.9. The zero-order valence-electron chi connectivity index (χ0n) is 18.6. The molecule has 0 saturated heterocycles. The minimum absolute atomic E-state index is 0.153. The van der Waals surface area contributed by atoms with E-state index in [0.29, 0.717) is 28.1 Å². The summed E-state index contributed by atoms with van der Waals surface area (Å²) in [5.74, 6) is -0.517. The van der Waals surface area contributed by atoms with E-state index < -0.39 is 30.2 Å². The van der Waals surface area contributed by atoms with Crippen LogP contribution in [0.1, 0.15) is 21.5 Å².